The number of anilines is 2. The monoisotopic (exact) mass is 479 g/mol. The van der Waals surface area contributed by atoms with E-state index < -0.39 is 0 Å². The van der Waals surface area contributed by atoms with Crippen LogP contribution in [0.3, 0.4) is 0 Å². The van der Waals surface area contributed by atoms with E-state index in [9.17, 15) is 14.7 Å². The van der Waals surface area contributed by atoms with Crippen LogP contribution in [-0.2, 0) is 14.9 Å². The first-order chi connectivity index (χ1) is 16.7. The van der Waals surface area contributed by atoms with Crippen molar-refractivity contribution in [1.29, 1.82) is 0 Å². The Morgan fingerprint density at radius 2 is 1.97 bits per heavy atom. The summed E-state index contributed by atoms with van der Waals surface area (Å²) in [6, 6.07) is 10.9. The van der Waals surface area contributed by atoms with E-state index in [2.05, 4.69) is 20.3 Å². The van der Waals surface area contributed by atoms with Crippen molar-refractivity contribution in [3.05, 3.63) is 53.2 Å². The molecule has 0 aliphatic carbocycles. The van der Waals surface area contributed by atoms with Gasteiger partial charge in [-0.05, 0) is 44.4 Å². The highest BCUT2D eigenvalue weighted by molar-refractivity contribution is 6.04. The number of aliphatic hydroxyl groups is 1. The Morgan fingerprint density at radius 1 is 1.23 bits per heavy atom. The zero-order valence-corrected chi connectivity index (χ0v) is 20.7. The number of carbonyl (C=O) groups is 2. The second-order valence-corrected chi connectivity index (χ2v) is 9.67. The molecule has 9 nitrogen and oxygen atoms in total. The van der Waals surface area contributed by atoms with Gasteiger partial charge in [-0.15, -0.1) is 0 Å². The lowest BCUT2D eigenvalue weighted by Gasteiger charge is -2.33. The lowest BCUT2D eigenvalue weighted by atomic mass is 9.85. The molecular formula is C26H33N5O4. The summed E-state index contributed by atoms with van der Waals surface area (Å²) in [6.07, 6.45) is 1.64. The van der Waals surface area contributed by atoms with Gasteiger partial charge in [0.1, 0.15) is 11.6 Å². The molecule has 3 heterocycles. The quantitative estimate of drug-likeness (QED) is 0.500. The molecule has 186 valence electrons. The largest absolute Gasteiger partial charge is 0.466 e. The van der Waals surface area contributed by atoms with E-state index in [1.54, 1.807) is 22.7 Å². The molecule has 0 unspecified atom stereocenters. The zero-order chi connectivity index (χ0) is 25.2. The fourth-order valence-electron chi connectivity index (χ4n) is 4.35. The Balaban J connectivity index is 1.60. The number of carbonyl (C=O) groups excluding carboxylic acids is 2. The van der Waals surface area contributed by atoms with Crippen LogP contribution in [0, 0.1) is 12.8 Å². The summed E-state index contributed by atoms with van der Waals surface area (Å²) in [5.74, 6) is 0.520. The van der Waals surface area contributed by atoms with Gasteiger partial charge in [-0.25, -0.2) is 4.98 Å². The Morgan fingerprint density at radius 3 is 2.66 bits per heavy atom. The summed E-state index contributed by atoms with van der Waals surface area (Å²) < 4.78 is 7.00. The predicted molar refractivity (Wildman–Crippen MR) is 134 cm³/mol. The van der Waals surface area contributed by atoms with Gasteiger partial charge in [0.2, 0.25) is 0 Å². The van der Waals surface area contributed by atoms with Crippen LogP contribution in [0.25, 0.3) is 5.65 Å². The number of hydrogen-bond donors (Lipinski definition) is 2. The van der Waals surface area contributed by atoms with E-state index in [4.69, 9.17) is 4.74 Å². The second kappa shape index (κ2) is 10.0. The highest BCUT2D eigenvalue weighted by Crippen LogP contribution is 2.27. The minimum absolute atomic E-state index is 0.0174. The number of fused-ring (bicyclic) bond motifs is 1. The Kier molecular flexibility index (Phi) is 7.07. The number of aromatic nitrogens is 3. The minimum atomic E-state index is -0.383. The smallest absolute Gasteiger partial charge is 0.310 e. The summed E-state index contributed by atoms with van der Waals surface area (Å²) in [4.78, 5) is 32.0. The molecule has 1 aromatic carbocycles. The first kappa shape index (κ1) is 24.7. The van der Waals surface area contributed by atoms with Crippen molar-refractivity contribution in [1.82, 2.24) is 14.6 Å². The van der Waals surface area contributed by atoms with E-state index in [0.717, 1.165) is 36.5 Å². The maximum atomic E-state index is 13.0. The van der Waals surface area contributed by atoms with Crippen LogP contribution in [-0.4, -0.2) is 57.9 Å². The van der Waals surface area contributed by atoms with E-state index in [-0.39, 0.29) is 29.8 Å². The van der Waals surface area contributed by atoms with Crippen LogP contribution in [0.5, 0.6) is 0 Å². The van der Waals surface area contributed by atoms with Crippen LogP contribution in [0.2, 0.25) is 0 Å². The molecule has 9 heteroatoms. The maximum Gasteiger partial charge on any atom is 0.310 e. The zero-order valence-electron chi connectivity index (χ0n) is 20.7. The van der Waals surface area contributed by atoms with E-state index in [0.29, 0.717) is 30.2 Å². The maximum absolute atomic E-state index is 13.0. The summed E-state index contributed by atoms with van der Waals surface area (Å²) >= 11 is 0. The fraction of sp³-hybridized carbons (Fsp3) is 0.462. The number of nitrogens with one attached hydrogen (secondary N) is 1. The fourth-order valence-corrected chi connectivity index (χ4v) is 4.35. The molecule has 3 aromatic rings. The number of hydrogen-bond acceptors (Lipinski definition) is 7. The highest BCUT2D eigenvalue weighted by atomic mass is 16.5. The third-order valence-electron chi connectivity index (χ3n) is 6.46. The molecule has 1 saturated heterocycles. The lowest BCUT2D eigenvalue weighted by molar-refractivity contribution is -0.148. The summed E-state index contributed by atoms with van der Waals surface area (Å²) in [5, 5.41) is 17.1. The van der Waals surface area contributed by atoms with Crippen molar-refractivity contribution >= 4 is 29.2 Å². The Hall–Kier alpha value is -3.46. The molecule has 4 rings (SSSR count). The van der Waals surface area contributed by atoms with Gasteiger partial charge in [0, 0.05) is 36.2 Å². The van der Waals surface area contributed by atoms with Gasteiger partial charge >= 0.3 is 5.97 Å². The van der Waals surface area contributed by atoms with Crippen LogP contribution in [0.4, 0.5) is 11.6 Å². The van der Waals surface area contributed by atoms with Gasteiger partial charge in [0.05, 0.1) is 24.8 Å². The molecule has 1 aliphatic rings. The SMILES string of the molecule is CCOC(=O)[C@@H]1CCCN(c2cc(NC(=O)c3ccc(C(C)(C)CO)cc3)nc3cc(C)nn23)C1. The van der Waals surface area contributed by atoms with Gasteiger partial charge in [-0.3, -0.25) is 9.59 Å². The highest BCUT2D eigenvalue weighted by Gasteiger charge is 2.29. The number of rotatable bonds is 7. The Bertz CT molecular complexity index is 1220. The molecule has 1 amide bonds. The van der Waals surface area contributed by atoms with E-state index in [1.165, 1.54) is 0 Å². The molecule has 0 spiro atoms. The summed E-state index contributed by atoms with van der Waals surface area (Å²) in [7, 11) is 0. The van der Waals surface area contributed by atoms with Gasteiger partial charge < -0.3 is 20.1 Å². The third kappa shape index (κ3) is 5.30. The van der Waals surface area contributed by atoms with Crippen molar-refractivity contribution in [2.24, 2.45) is 5.92 Å². The minimum Gasteiger partial charge on any atom is -0.466 e. The number of ether oxygens (including phenoxy) is 1. The molecular weight excluding hydrogens is 446 g/mol. The first-order valence-corrected chi connectivity index (χ1v) is 12.0. The number of amides is 1. The summed E-state index contributed by atoms with van der Waals surface area (Å²) in [5.41, 5.74) is 2.49. The topological polar surface area (TPSA) is 109 Å². The van der Waals surface area contributed by atoms with Crippen LogP contribution >= 0.6 is 0 Å². The molecule has 2 N–H and O–H groups in total. The van der Waals surface area contributed by atoms with Gasteiger partial charge in [-0.1, -0.05) is 26.0 Å². The lowest BCUT2D eigenvalue weighted by Crippen LogP contribution is -2.40. The van der Waals surface area contributed by atoms with Crippen LogP contribution in [0.1, 0.15) is 55.2 Å². The normalized spacial score (nSPS) is 16.4. The number of esters is 1. The third-order valence-corrected chi connectivity index (χ3v) is 6.46. The molecule has 2 aromatic heterocycles. The predicted octanol–water partition coefficient (Wildman–Crippen LogP) is 3.34. The average Bonchev–Trinajstić information content (AvgIpc) is 3.23. The Labute approximate surface area is 205 Å². The number of aliphatic hydroxyl groups excluding tert-OH is 1. The van der Waals surface area contributed by atoms with Gasteiger partial charge in [0.15, 0.2) is 5.65 Å². The first-order valence-electron chi connectivity index (χ1n) is 12.0. The molecule has 1 fully saturated rings. The molecule has 1 atom stereocenters. The number of nitrogens with zero attached hydrogens (tertiary/aromatic N) is 4. The van der Waals surface area contributed by atoms with Crippen molar-refractivity contribution in [2.45, 2.75) is 46.0 Å². The average molecular weight is 480 g/mol. The van der Waals surface area contributed by atoms with E-state index >= 15 is 0 Å². The molecule has 0 radical (unpaired) electrons. The summed E-state index contributed by atoms with van der Waals surface area (Å²) in [6.45, 7) is 9.27. The van der Waals surface area contributed by atoms with Crippen LogP contribution in [0.15, 0.2) is 36.4 Å². The van der Waals surface area contributed by atoms with Crippen molar-refractivity contribution in [2.75, 3.05) is 36.5 Å². The standard InChI is InChI=1S/C26H33N5O4/c1-5-35-25(34)19-7-6-12-30(15-19)23-14-21(27-22-13-17(2)29-31(22)23)28-24(33)18-8-10-20(11-9-18)26(3,4)16-32/h8-11,13-14,19,32H,5-7,12,15-16H2,1-4H3,(H,27,28,33)/t19-/m1/s1. The van der Waals surface area contributed by atoms with E-state index in [1.807, 2.05) is 45.9 Å². The molecule has 0 saturated carbocycles. The molecule has 35 heavy (non-hydrogen) atoms. The van der Waals surface area contributed by atoms with Crippen LogP contribution < -0.4 is 10.2 Å². The van der Waals surface area contributed by atoms with Gasteiger partial charge in [0.25, 0.3) is 5.91 Å². The second-order valence-electron chi connectivity index (χ2n) is 9.67. The van der Waals surface area contributed by atoms with Crippen molar-refractivity contribution in [3.8, 4) is 0 Å². The number of aryl methyl sites for hydroxylation is 1. The number of piperidine rings is 1. The molecule has 0 bridgehead atoms. The molecule has 1 aliphatic heterocycles. The van der Waals surface area contributed by atoms with Crippen molar-refractivity contribution < 1.29 is 19.4 Å². The number of benzene rings is 1. The van der Waals surface area contributed by atoms with Crippen molar-refractivity contribution in [3.63, 3.8) is 0 Å². The van der Waals surface area contributed by atoms with Gasteiger partial charge in [-0.2, -0.15) is 9.61 Å².